The van der Waals surface area contributed by atoms with Crippen molar-refractivity contribution >= 4 is 19.3 Å². The van der Waals surface area contributed by atoms with E-state index in [2.05, 4.69) is 9.90 Å². The molecule has 3 heteroatoms. The van der Waals surface area contributed by atoms with Crippen molar-refractivity contribution in [2.24, 2.45) is 9.90 Å². The van der Waals surface area contributed by atoms with Crippen LogP contribution in [0.1, 0.15) is 19.3 Å². The zero-order valence-electron chi connectivity index (χ0n) is 6.03. The third-order valence-corrected chi connectivity index (χ3v) is 2.32. The predicted octanol–water partition coefficient (Wildman–Crippen LogP) is 1.22. The molecule has 2 rings (SSSR count). The van der Waals surface area contributed by atoms with Crippen LogP contribution < -0.4 is 0 Å². The summed E-state index contributed by atoms with van der Waals surface area (Å²) in [5.41, 5.74) is 0. The number of hydrogen-bond acceptors (Lipinski definition) is 2. The van der Waals surface area contributed by atoms with Crippen molar-refractivity contribution in [3.05, 3.63) is 0 Å². The number of rotatable bonds is 0. The van der Waals surface area contributed by atoms with E-state index in [0.717, 1.165) is 0 Å². The highest BCUT2D eigenvalue weighted by Crippen LogP contribution is 2.22. The van der Waals surface area contributed by atoms with Gasteiger partial charge in [-0.3, -0.25) is 4.99 Å². The first-order valence-corrected chi connectivity index (χ1v) is 4.02. The molecule has 0 saturated carbocycles. The monoisotopic (exact) mass is 134 g/mol. The largest absolute Gasteiger partial charge is 0.345 e. The summed E-state index contributed by atoms with van der Waals surface area (Å²) in [5.74, 6) is 0.527. The van der Waals surface area contributed by atoms with E-state index in [1.54, 1.807) is 0 Å². The summed E-state index contributed by atoms with van der Waals surface area (Å²) >= 11 is 0. The summed E-state index contributed by atoms with van der Waals surface area (Å²) in [6, 6.07) is 0. The lowest BCUT2D eigenvalue weighted by Gasteiger charge is -2.23. The zero-order valence-corrected chi connectivity index (χ0v) is 6.03. The molecule has 0 bridgehead atoms. The Hall–Kier alpha value is -0.595. The Labute approximate surface area is 61.6 Å². The van der Waals surface area contributed by atoms with Crippen molar-refractivity contribution in [2.75, 3.05) is 0 Å². The van der Waals surface area contributed by atoms with Gasteiger partial charge in [-0.25, -0.2) is 0 Å². The molecule has 2 nitrogen and oxygen atoms in total. The molecule has 0 aromatic rings. The minimum absolute atomic E-state index is 0.527. The summed E-state index contributed by atoms with van der Waals surface area (Å²) < 4.78 is 0. The van der Waals surface area contributed by atoms with Gasteiger partial charge in [0.1, 0.15) is 0 Å². The van der Waals surface area contributed by atoms with Crippen LogP contribution in [-0.2, 0) is 0 Å². The number of aliphatic imine (C=N–C) groups is 1. The molecule has 1 saturated heterocycles. The predicted molar refractivity (Wildman–Crippen MR) is 45.2 cm³/mol. The van der Waals surface area contributed by atoms with Crippen molar-refractivity contribution in [3.63, 3.8) is 0 Å². The van der Waals surface area contributed by atoms with Crippen molar-refractivity contribution in [3.8, 4) is 0 Å². The van der Waals surface area contributed by atoms with E-state index in [-0.39, 0.29) is 0 Å². The van der Waals surface area contributed by atoms with Crippen LogP contribution in [0.25, 0.3) is 0 Å². The van der Waals surface area contributed by atoms with Gasteiger partial charge < -0.3 is 4.90 Å². The van der Waals surface area contributed by atoms with E-state index < -0.39 is 0 Å². The maximum Gasteiger partial charge on any atom is 0.304 e. The fraction of sp³-hybridized carbons (Fsp3) is 0.714. The van der Waals surface area contributed by atoms with Gasteiger partial charge in [0.2, 0.25) is 0 Å². The molecule has 2 aliphatic rings. The van der Waals surface area contributed by atoms with E-state index in [0.29, 0.717) is 12.8 Å². The fourth-order valence-electron chi connectivity index (χ4n) is 1.74. The second-order valence-electron chi connectivity index (χ2n) is 3.02. The minimum atomic E-state index is 0.527. The fourth-order valence-corrected chi connectivity index (χ4v) is 1.74. The van der Waals surface area contributed by atoms with E-state index in [1.807, 2.05) is 12.4 Å². The molecular formula is C7H11BN2. The maximum absolute atomic E-state index is 4.38. The Kier molecular flexibility index (Phi) is 1.57. The lowest BCUT2D eigenvalue weighted by atomic mass is 9.48. The molecule has 0 amide bonds. The van der Waals surface area contributed by atoms with Crippen LogP contribution in [0, 0.1) is 0 Å². The summed E-state index contributed by atoms with van der Waals surface area (Å²) in [6.07, 6.45) is 8.86. The molecule has 10 heavy (non-hydrogen) atoms. The first-order chi connectivity index (χ1) is 4.97. The average Bonchev–Trinajstić information content (AvgIpc) is 2.05. The molecule has 0 N–H and O–H groups in total. The van der Waals surface area contributed by atoms with Crippen LogP contribution in [0.4, 0.5) is 0 Å². The first kappa shape index (κ1) is 6.14. The molecule has 1 atom stereocenters. The van der Waals surface area contributed by atoms with Gasteiger partial charge in [0.05, 0.1) is 5.94 Å². The maximum atomic E-state index is 4.38. The van der Waals surface area contributed by atoms with Crippen LogP contribution >= 0.6 is 0 Å². The molecule has 52 valence electrons. The number of fused-ring (bicyclic) bond motifs is 1. The topological polar surface area (TPSA) is 24.7 Å². The van der Waals surface area contributed by atoms with E-state index in [1.165, 1.54) is 25.6 Å². The van der Waals surface area contributed by atoms with Gasteiger partial charge in [-0.15, -0.1) is 0 Å². The van der Waals surface area contributed by atoms with E-state index in [4.69, 9.17) is 0 Å². The van der Waals surface area contributed by atoms with Crippen LogP contribution in [0.3, 0.4) is 0 Å². The normalized spacial score (nSPS) is 30.4. The van der Waals surface area contributed by atoms with Crippen LogP contribution in [-0.4, -0.2) is 25.2 Å². The molecule has 2 aliphatic heterocycles. The Bertz CT molecular complexity index is 156. The molecule has 0 aromatic heterocycles. The summed E-state index contributed by atoms with van der Waals surface area (Å²) in [6.45, 7) is 0.527. The Morgan fingerprint density at radius 1 is 1.30 bits per heavy atom. The third-order valence-electron chi connectivity index (χ3n) is 2.32. The van der Waals surface area contributed by atoms with Crippen molar-refractivity contribution in [1.82, 2.24) is 0 Å². The first-order valence-electron chi connectivity index (χ1n) is 4.02. The van der Waals surface area contributed by atoms with Crippen LogP contribution in [0.15, 0.2) is 9.90 Å². The zero-order chi connectivity index (χ0) is 6.81. The van der Waals surface area contributed by atoms with Crippen molar-refractivity contribution in [1.29, 1.82) is 0 Å². The molecule has 0 radical (unpaired) electrons. The molecule has 1 unspecified atom stereocenters. The Morgan fingerprint density at radius 2 is 2.30 bits per heavy atom. The highest BCUT2D eigenvalue weighted by atomic mass is 14.8. The van der Waals surface area contributed by atoms with E-state index >= 15 is 0 Å². The van der Waals surface area contributed by atoms with Gasteiger partial charge in [-0.05, 0) is 6.42 Å². The van der Waals surface area contributed by atoms with Crippen molar-refractivity contribution < 1.29 is 0 Å². The lowest BCUT2D eigenvalue weighted by molar-refractivity contribution is 0.639. The molecule has 1 fully saturated rings. The summed E-state index contributed by atoms with van der Waals surface area (Å²) in [4.78, 5) is 8.75. The van der Waals surface area contributed by atoms with Gasteiger partial charge >= 0.3 is 6.85 Å². The quantitative estimate of drug-likeness (QED) is 0.445. The Morgan fingerprint density at radius 3 is 3.20 bits per heavy atom. The highest BCUT2D eigenvalue weighted by Gasteiger charge is 2.28. The molecule has 0 aromatic carbocycles. The van der Waals surface area contributed by atoms with Crippen LogP contribution in [0.2, 0.25) is 6.32 Å². The van der Waals surface area contributed by atoms with Gasteiger partial charge in [0.15, 0.2) is 0 Å². The SMILES string of the molecule is C1=NB2CCCCC2N=C1. The van der Waals surface area contributed by atoms with Gasteiger partial charge in [-0.2, -0.15) is 0 Å². The van der Waals surface area contributed by atoms with Gasteiger partial charge in [-0.1, -0.05) is 19.2 Å². The summed E-state index contributed by atoms with van der Waals surface area (Å²) in [5, 5.41) is 0. The highest BCUT2D eigenvalue weighted by molar-refractivity contribution is 6.62. The molecule has 0 spiro atoms. The lowest BCUT2D eigenvalue weighted by Crippen LogP contribution is -2.33. The molecular weight excluding hydrogens is 123 g/mol. The third kappa shape index (κ3) is 1.00. The van der Waals surface area contributed by atoms with Gasteiger partial charge in [0.25, 0.3) is 0 Å². The second-order valence-corrected chi connectivity index (χ2v) is 3.02. The summed E-state index contributed by atoms with van der Waals surface area (Å²) in [7, 11) is 0. The molecule has 2 heterocycles. The minimum Gasteiger partial charge on any atom is -0.345 e. The number of hydrogen-bond donors (Lipinski definition) is 0. The second kappa shape index (κ2) is 2.56. The van der Waals surface area contributed by atoms with E-state index in [9.17, 15) is 0 Å². The average molecular weight is 134 g/mol. The smallest absolute Gasteiger partial charge is 0.304 e. The van der Waals surface area contributed by atoms with Gasteiger partial charge in [0, 0.05) is 12.4 Å². The number of nitrogens with zero attached hydrogens (tertiary/aromatic N) is 2. The van der Waals surface area contributed by atoms with Crippen LogP contribution in [0.5, 0.6) is 0 Å². The standard InChI is InChI=1S/C7H11BN2/c1-2-4-8-7(3-1)9-5-6-10-8/h5-7H,1-4H2. The van der Waals surface area contributed by atoms with Crippen molar-refractivity contribution in [2.45, 2.75) is 31.5 Å². The molecule has 0 aliphatic carbocycles. The Balaban J connectivity index is 2.09.